The van der Waals surface area contributed by atoms with Crippen molar-refractivity contribution in [3.8, 4) is 11.4 Å². The lowest BCUT2D eigenvalue weighted by Crippen LogP contribution is -2.26. The van der Waals surface area contributed by atoms with Crippen molar-refractivity contribution in [3.05, 3.63) is 87.0 Å². The Bertz CT molecular complexity index is 1480. The van der Waals surface area contributed by atoms with Gasteiger partial charge in [-0.15, -0.1) is 0 Å². The van der Waals surface area contributed by atoms with Gasteiger partial charge in [0.05, 0.1) is 35.8 Å². The Hall–Kier alpha value is -4.16. The number of methoxy groups -OCH3 is 1. The number of hydrogen-bond donors (Lipinski definition) is 2. The number of fused-ring (bicyclic) bond motifs is 1. The van der Waals surface area contributed by atoms with Gasteiger partial charge in [0.25, 0.3) is 5.56 Å². The maximum Gasteiger partial charge on any atom is 0.264 e. The Kier molecular flexibility index (Phi) is 5.85. The van der Waals surface area contributed by atoms with Gasteiger partial charge in [0.15, 0.2) is 11.6 Å². The van der Waals surface area contributed by atoms with Crippen LogP contribution in [0.5, 0.6) is 5.75 Å². The number of halogens is 2. The summed E-state index contributed by atoms with van der Waals surface area (Å²) in [5.74, 6) is -0.335. The van der Waals surface area contributed by atoms with Crippen LogP contribution in [-0.2, 0) is 0 Å². The summed E-state index contributed by atoms with van der Waals surface area (Å²) < 4.78 is 20.6. The van der Waals surface area contributed by atoms with Crippen LogP contribution in [-0.4, -0.2) is 21.6 Å². The fourth-order valence-electron chi connectivity index (χ4n) is 3.57. The zero-order valence-electron chi connectivity index (χ0n) is 17.6. The van der Waals surface area contributed by atoms with E-state index in [4.69, 9.17) is 28.6 Å². The van der Waals surface area contributed by atoms with Gasteiger partial charge in [-0.1, -0.05) is 23.7 Å². The van der Waals surface area contributed by atoms with Crippen molar-refractivity contribution in [3.63, 3.8) is 0 Å². The van der Waals surface area contributed by atoms with E-state index in [1.807, 2.05) is 0 Å². The van der Waals surface area contributed by atoms with Gasteiger partial charge < -0.3 is 15.8 Å². The number of pyridine rings is 1. The van der Waals surface area contributed by atoms with Gasteiger partial charge in [0.2, 0.25) is 11.6 Å². The third-order valence-electron chi connectivity index (χ3n) is 5.12. The zero-order valence-corrected chi connectivity index (χ0v) is 18.4. The molecule has 4 rings (SSSR count). The topological polar surface area (TPSA) is 99.4 Å². The van der Waals surface area contributed by atoms with Crippen LogP contribution in [0.3, 0.4) is 0 Å². The molecule has 0 aliphatic rings. The first kappa shape index (κ1) is 22.0. The minimum Gasteiger partial charge on any atom is -0.494 e. The number of ether oxygens (including phenoxy) is 1. The van der Waals surface area contributed by atoms with Crippen molar-refractivity contribution < 1.29 is 9.13 Å². The van der Waals surface area contributed by atoms with Crippen LogP contribution in [0, 0.1) is 12.4 Å². The summed E-state index contributed by atoms with van der Waals surface area (Å²) in [5.41, 5.74) is 6.40. The molecule has 0 aliphatic carbocycles. The largest absolute Gasteiger partial charge is 0.494 e. The summed E-state index contributed by atoms with van der Waals surface area (Å²) in [5, 5.41) is 4.39. The molecule has 166 valence electrons. The lowest BCUT2D eigenvalue weighted by molar-refractivity contribution is 0.386. The van der Waals surface area contributed by atoms with Gasteiger partial charge in [0, 0.05) is 18.0 Å². The van der Waals surface area contributed by atoms with Crippen LogP contribution in [0.25, 0.3) is 21.3 Å². The predicted octanol–water partition coefficient (Wildman–Crippen LogP) is 4.89. The second kappa shape index (κ2) is 8.76. The molecular formula is C23H18ClFN6O2. The van der Waals surface area contributed by atoms with Crippen molar-refractivity contribution in [2.45, 2.75) is 13.0 Å². The summed E-state index contributed by atoms with van der Waals surface area (Å²) in [6, 6.07) is 10.6. The maximum absolute atomic E-state index is 14.1. The molecule has 2 aromatic carbocycles. The molecule has 2 heterocycles. The Morgan fingerprint density at radius 2 is 2.09 bits per heavy atom. The summed E-state index contributed by atoms with van der Waals surface area (Å²) >= 11 is 6.35. The quantitative estimate of drug-likeness (QED) is 0.408. The van der Waals surface area contributed by atoms with E-state index < -0.39 is 11.9 Å². The molecule has 0 bridgehead atoms. The number of nitrogens with one attached hydrogen (secondary N) is 1. The Balaban J connectivity index is 1.96. The molecule has 3 N–H and O–H groups in total. The molecule has 0 fully saturated rings. The molecule has 4 aromatic rings. The molecule has 8 nitrogen and oxygen atoms in total. The summed E-state index contributed by atoms with van der Waals surface area (Å²) in [4.78, 5) is 25.0. The zero-order chi connectivity index (χ0) is 23.7. The van der Waals surface area contributed by atoms with E-state index >= 15 is 0 Å². The van der Waals surface area contributed by atoms with Gasteiger partial charge in [-0.3, -0.25) is 9.36 Å². The van der Waals surface area contributed by atoms with Crippen LogP contribution in [0.15, 0.2) is 53.5 Å². The number of anilines is 2. The van der Waals surface area contributed by atoms with E-state index in [0.29, 0.717) is 27.2 Å². The standard InChI is InChI=1S/C23H18ClFN6O2/c1-12(29-21-17(27-2)11-28-23(26)30-21)18-9-13-5-4-6-15(24)20(13)22(32)31(18)14-7-8-16(25)19(10-14)33-3/h4-12H,1,3H3,(H3,26,28,29,30)/t12-/m0/s1. The smallest absolute Gasteiger partial charge is 0.264 e. The Morgan fingerprint density at radius 3 is 2.82 bits per heavy atom. The number of nitrogens with two attached hydrogens (primary N) is 1. The first-order valence-electron chi connectivity index (χ1n) is 9.78. The molecule has 0 amide bonds. The van der Waals surface area contributed by atoms with Crippen molar-refractivity contribution in [2.75, 3.05) is 18.2 Å². The third-order valence-corrected chi connectivity index (χ3v) is 5.44. The molecule has 1 atom stereocenters. The predicted molar refractivity (Wildman–Crippen MR) is 126 cm³/mol. The highest BCUT2D eigenvalue weighted by Gasteiger charge is 2.20. The average molecular weight is 465 g/mol. The molecule has 0 unspecified atom stereocenters. The van der Waals surface area contributed by atoms with Gasteiger partial charge in [-0.25, -0.2) is 19.2 Å². The minimum atomic E-state index is -0.556. The van der Waals surface area contributed by atoms with E-state index in [1.165, 1.54) is 36.1 Å². The summed E-state index contributed by atoms with van der Waals surface area (Å²) in [6.07, 6.45) is 1.32. The maximum atomic E-state index is 14.1. The first-order valence-corrected chi connectivity index (χ1v) is 10.2. The highest BCUT2D eigenvalue weighted by Crippen LogP contribution is 2.31. The van der Waals surface area contributed by atoms with Crippen LogP contribution in [0.1, 0.15) is 18.7 Å². The summed E-state index contributed by atoms with van der Waals surface area (Å²) in [6.45, 7) is 9.16. The molecule has 0 spiro atoms. The molecule has 33 heavy (non-hydrogen) atoms. The average Bonchev–Trinajstić information content (AvgIpc) is 2.79. The minimum absolute atomic E-state index is 0.00283. The van der Waals surface area contributed by atoms with E-state index in [-0.39, 0.29) is 28.8 Å². The monoisotopic (exact) mass is 464 g/mol. The van der Waals surface area contributed by atoms with Crippen LogP contribution >= 0.6 is 11.6 Å². The molecule has 2 aromatic heterocycles. The van der Waals surface area contributed by atoms with E-state index in [1.54, 1.807) is 31.2 Å². The second-order valence-electron chi connectivity index (χ2n) is 7.17. The van der Waals surface area contributed by atoms with Crippen LogP contribution in [0.4, 0.5) is 21.8 Å². The van der Waals surface area contributed by atoms with Crippen LogP contribution < -0.4 is 21.3 Å². The molecular weight excluding hydrogens is 447 g/mol. The number of hydrogen-bond acceptors (Lipinski definition) is 6. The van der Waals surface area contributed by atoms with Crippen molar-refractivity contribution >= 4 is 39.8 Å². The number of benzene rings is 2. The molecule has 0 aliphatic heterocycles. The number of nitrogens with zero attached hydrogens (tertiary/aromatic N) is 4. The lowest BCUT2D eigenvalue weighted by Gasteiger charge is -2.22. The van der Waals surface area contributed by atoms with Gasteiger partial charge in [-0.2, -0.15) is 0 Å². The second-order valence-corrected chi connectivity index (χ2v) is 7.58. The summed E-state index contributed by atoms with van der Waals surface area (Å²) in [7, 11) is 1.35. The fraction of sp³-hybridized carbons (Fsp3) is 0.130. The first-order chi connectivity index (χ1) is 15.8. The van der Waals surface area contributed by atoms with Gasteiger partial charge >= 0.3 is 0 Å². The molecule has 0 radical (unpaired) electrons. The highest BCUT2D eigenvalue weighted by atomic mass is 35.5. The van der Waals surface area contributed by atoms with Crippen molar-refractivity contribution in [1.82, 2.24) is 14.5 Å². The highest BCUT2D eigenvalue weighted by molar-refractivity contribution is 6.35. The molecule has 0 saturated carbocycles. The lowest BCUT2D eigenvalue weighted by atomic mass is 10.1. The number of rotatable bonds is 5. The normalized spacial score (nSPS) is 11.7. The van der Waals surface area contributed by atoms with Crippen molar-refractivity contribution in [1.29, 1.82) is 0 Å². The fourth-order valence-corrected chi connectivity index (χ4v) is 3.83. The third kappa shape index (κ3) is 4.04. The molecule has 0 saturated heterocycles. The van der Waals surface area contributed by atoms with E-state index in [2.05, 4.69) is 20.1 Å². The van der Waals surface area contributed by atoms with Crippen LogP contribution in [0.2, 0.25) is 5.02 Å². The van der Waals surface area contributed by atoms with Gasteiger partial charge in [0.1, 0.15) is 5.82 Å². The van der Waals surface area contributed by atoms with Crippen molar-refractivity contribution in [2.24, 2.45) is 0 Å². The van der Waals surface area contributed by atoms with E-state index in [0.717, 1.165) is 0 Å². The Morgan fingerprint density at radius 1 is 1.30 bits per heavy atom. The number of nitrogen functional groups attached to an aromatic ring is 1. The SMILES string of the molecule is [C-]#[N+]c1cnc(N)nc1N[C@@H](C)c1cc2cccc(Cl)c2c(=O)n1-c1ccc(F)c(OC)c1. The Labute approximate surface area is 193 Å². The molecule has 10 heteroatoms. The van der Waals surface area contributed by atoms with E-state index in [9.17, 15) is 9.18 Å². The number of aromatic nitrogens is 3. The van der Waals surface area contributed by atoms with Gasteiger partial charge in [-0.05, 0) is 36.6 Å².